The quantitative estimate of drug-likeness (QED) is 0.0747. The fraction of sp³-hybridized carbons (Fsp3) is 0.739. The van der Waals surface area contributed by atoms with E-state index in [1.807, 2.05) is 0 Å². The molecule has 4 nitrogen and oxygen atoms in total. The van der Waals surface area contributed by atoms with Gasteiger partial charge in [0.15, 0.2) is 0 Å². The Morgan fingerprint density at radius 3 is 0.700 bits per heavy atom. The van der Waals surface area contributed by atoms with Crippen LogP contribution < -0.4 is 0 Å². The average Bonchev–Trinajstić information content (AvgIpc) is 3.12. The molecule has 2 rings (SSSR count). The lowest BCUT2D eigenvalue weighted by Gasteiger charge is -2.03. The van der Waals surface area contributed by atoms with Crippen LogP contribution in [0, 0.1) is 0 Å². The van der Waals surface area contributed by atoms with Gasteiger partial charge in [-0.2, -0.15) is 0 Å². The average molecular weight is 697 g/mol. The van der Waals surface area contributed by atoms with Gasteiger partial charge >= 0.3 is 11.9 Å². The molecule has 4 heteroatoms. The second kappa shape index (κ2) is 39.4. The van der Waals surface area contributed by atoms with Crippen LogP contribution in [-0.4, -0.2) is 22.2 Å². The Kier molecular flexibility index (Phi) is 37.6. The first-order chi connectivity index (χ1) is 24.5. The first-order valence-electron chi connectivity index (χ1n) is 21.4. The molecule has 0 amide bonds. The SMILES string of the molecule is CCCCCCCCCCCCCCCCCC(=O)O.CCCCCCCCCCCCCCCCCC(=O)O.c1ccc2ccccc2c1. The van der Waals surface area contributed by atoms with Crippen molar-refractivity contribution in [1.29, 1.82) is 0 Å². The molecular weight excluding hydrogens is 617 g/mol. The van der Waals surface area contributed by atoms with Gasteiger partial charge in [-0.25, -0.2) is 0 Å². The van der Waals surface area contributed by atoms with Crippen molar-refractivity contribution in [3.05, 3.63) is 48.5 Å². The molecule has 0 aromatic heterocycles. The molecule has 0 aliphatic rings. The molecule has 0 aliphatic carbocycles. The van der Waals surface area contributed by atoms with Crippen molar-refractivity contribution in [2.75, 3.05) is 0 Å². The van der Waals surface area contributed by atoms with Crippen molar-refractivity contribution in [3.63, 3.8) is 0 Å². The maximum atomic E-state index is 10.3. The molecule has 0 aliphatic heterocycles. The lowest BCUT2D eigenvalue weighted by molar-refractivity contribution is -0.138. The number of unbranched alkanes of at least 4 members (excludes halogenated alkanes) is 28. The van der Waals surface area contributed by atoms with E-state index in [0.29, 0.717) is 12.8 Å². The van der Waals surface area contributed by atoms with E-state index < -0.39 is 11.9 Å². The van der Waals surface area contributed by atoms with E-state index in [-0.39, 0.29) is 0 Å². The van der Waals surface area contributed by atoms with Gasteiger partial charge in [0.25, 0.3) is 0 Å². The zero-order chi connectivity index (χ0) is 36.6. The highest BCUT2D eigenvalue weighted by molar-refractivity contribution is 5.82. The van der Waals surface area contributed by atoms with Crippen LogP contribution in [0.3, 0.4) is 0 Å². The normalized spacial score (nSPS) is 10.7. The van der Waals surface area contributed by atoms with Crippen LogP contribution in [-0.2, 0) is 9.59 Å². The molecule has 0 atom stereocenters. The van der Waals surface area contributed by atoms with Gasteiger partial charge in [-0.3, -0.25) is 9.59 Å². The van der Waals surface area contributed by atoms with Gasteiger partial charge in [0.05, 0.1) is 0 Å². The summed E-state index contributed by atoms with van der Waals surface area (Å²) in [4.78, 5) is 20.7. The third kappa shape index (κ3) is 36.9. The van der Waals surface area contributed by atoms with Gasteiger partial charge in [0.1, 0.15) is 0 Å². The van der Waals surface area contributed by atoms with E-state index >= 15 is 0 Å². The number of carbonyl (C=O) groups is 2. The third-order valence-corrected chi connectivity index (χ3v) is 9.65. The summed E-state index contributed by atoms with van der Waals surface area (Å²) in [7, 11) is 0. The highest BCUT2D eigenvalue weighted by atomic mass is 16.4. The van der Waals surface area contributed by atoms with Gasteiger partial charge in [-0.05, 0) is 23.6 Å². The summed E-state index contributed by atoms with van der Waals surface area (Å²) in [6.45, 7) is 4.54. The van der Waals surface area contributed by atoms with Crippen LogP contribution in [0.1, 0.15) is 219 Å². The molecule has 2 aromatic carbocycles. The summed E-state index contributed by atoms with van der Waals surface area (Å²) < 4.78 is 0. The molecule has 0 bridgehead atoms. The molecule has 288 valence electrons. The zero-order valence-corrected chi connectivity index (χ0v) is 33.0. The van der Waals surface area contributed by atoms with E-state index in [4.69, 9.17) is 10.2 Å². The topological polar surface area (TPSA) is 74.6 Å². The predicted octanol–water partition coefficient (Wildman–Crippen LogP) is 15.5. The second-order valence-electron chi connectivity index (χ2n) is 14.5. The summed E-state index contributed by atoms with van der Waals surface area (Å²) in [5.74, 6) is -1.31. The molecule has 0 unspecified atom stereocenters. The second-order valence-corrected chi connectivity index (χ2v) is 14.5. The van der Waals surface area contributed by atoms with Crippen molar-refractivity contribution in [3.8, 4) is 0 Å². The first-order valence-corrected chi connectivity index (χ1v) is 21.4. The summed E-state index contributed by atoms with van der Waals surface area (Å²) in [5.41, 5.74) is 0. The molecule has 0 radical (unpaired) electrons. The number of fused-ring (bicyclic) bond motifs is 1. The Morgan fingerprint density at radius 1 is 0.340 bits per heavy atom. The number of hydrogen-bond acceptors (Lipinski definition) is 2. The van der Waals surface area contributed by atoms with Crippen LogP contribution >= 0.6 is 0 Å². The molecule has 2 aromatic rings. The Bertz CT molecular complexity index is 878. The number of carboxylic acids is 2. The number of aliphatic carboxylic acids is 2. The van der Waals surface area contributed by atoms with Crippen molar-refractivity contribution in [2.24, 2.45) is 0 Å². The van der Waals surface area contributed by atoms with E-state index in [1.165, 1.54) is 178 Å². The monoisotopic (exact) mass is 697 g/mol. The minimum absolute atomic E-state index is 0.345. The van der Waals surface area contributed by atoms with Crippen LogP contribution in [0.15, 0.2) is 48.5 Å². The van der Waals surface area contributed by atoms with E-state index in [0.717, 1.165) is 25.7 Å². The molecule has 2 N–H and O–H groups in total. The number of rotatable bonds is 32. The minimum Gasteiger partial charge on any atom is -0.481 e. The first kappa shape index (κ1) is 47.6. The van der Waals surface area contributed by atoms with Crippen LogP contribution in [0.4, 0.5) is 0 Å². The van der Waals surface area contributed by atoms with Gasteiger partial charge in [-0.1, -0.05) is 242 Å². The van der Waals surface area contributed by atoms with E-state index in [9.17, 15) is 9.59 Å². The van der Waals surface area contributed by atoms with Crippen molar-refractivity contribution in [2.45, 2.75) is 219 Å². The van der Waals surface area contributed by atoms with Gasteiger partial charge < -0.3 is 10.2 Å². The maximum Gasteiger partial charge on any atom is 0.303 e. The molecule has 0 heterocycles. The zero-order valence-electron chi connectivity index (χ0n) is 33.0. The fourth-order valence-electron chi connectivity index (χ4n) is 6.43. The summed E-state index contributed by atoms with van der Waals surface area (Å²) in [6.07, 6.45) is 40.4. The molecule has 0 saturated carbocycles. The standard InChI is InChI=1S/2C18H36O2.C10H8/c2*1-2-3-4-5-6-7-8-9-10-11-12-13-14-15-16-17-18(19)20;1-2-6-10-8-4-3-7-9(10)5-1/h2*2-17H2,1H3,(H,19,20);1-8H. The highest BCUT2D eigenvalue weighted by Crippen LogP contribution is 2.15. The Morgan fingerprint density at radius 2 is 0.520 bits per heavy atom. The van der Waals surface area contributed by atoms with Crippen molar-refractivity contribution >= 4 is 22.7 Å². The Labute approximate surface area is 309 Å². The molecule has 50 heavy (non-hydrogen) atoms. The largest absolute Gasteiger partial charge is 0.481 e. The van der Waals surface area contributed by atoms with Crippen LogP contribution in [0.25, 0.3) is 10.8 Å². The molecule has 0 spiro atoms. The van der Waals surface area contributed by atoms with E-state index in [2.05, 4.69) is 62.4 Å². The summed E-state index contributed by atoms with van der Waals surface area (Å²) >= 11 is 0. The van der Waals surface area contributed by atoms with Crippen molar-refractivity contribution in [1.82, 2.24) is 0 Å². The molecule has 0 saturated heterocycles. The Balaban J connectivity index is 0.000000755. The molecule has 0 fully saturated rings. The summed E-state index contributed by atoms with van der Waals surface area (Å²) in [5, 5.41) is 19.7. The third-order valence-electron chi connectivity index (χ3n) is 9.65. The lowest BCUT2D eigenvalue weighted by atomic mass is 10.0. The van der Waals surface area contributed by atoms with Crippen molar-refractivity contribution < 1.29 is 19.8 Å². The number of benzene rings is 2. The van der Waals surface area contributed by atoms with Crippen LogP contribution in [0.2, 0.25) is 0 Å². The van der Waals surface area contributed by atoms with Gasteiger partial charge in [0.2, 0.25) is 0 Å². The minimum atomic E-state index is -0.653. The molecular formula is C46H80O4. The predicted molar refractivity (Wildman–Crippen MR) is 218 cm³/mol. The fourth-order valence-corrected chi connectivity index (χ4v) is 6.43. The van der Waals surface area contributed by atoms with Crippen LogP contribution in [0.5, 0.6) is 0 Å². The maximum absolute atomic E-state index is 10.3. The highest BCUT2D eigenvalue weighted by Gasteiger charge is 1.98. The summed E-state index contributed by atoms with van der Waals surface area (Å²) in [6, 6.07) is 16.7. The van der Waals surface area contributed by atoms with E-state index in [1.54, 1.807) is 0 Å². The van der Waals surface area contributed by atoms with Gasteiger partial charge in [-0.15, -0.1) is 0 Å². The number of carboxylic acid groups (broad SMARTS) is 2. The lowest BCUT2D eigenvalue weighted by Crippen LogP contribution is -1.93. The smallest absolute Gasteiger partial charge is 0.303 e. The Hall–Kier alpha value is -2.36. The number of hydrogen-bond donors (Lipinski definition) is 2. The van der Waals surface area contributed by atoms with Gasteiger partial charge in [0, 0.05) is 12.8 Å².